The summed E-state index contributed by atoms with van der Waals surface area (Å²) in [5, 5.41) is 1.67. The van der Waals surface area contributed by atoms with Crippen LogP contribution in [0.25, 0.3) is 0 Å². The SMILES string of the molecule is COc1cc(Cl)c(C(F)(F)F)cc1NC(=O)Oc1ccccc1. The molecule has 1 amide bonds. The third kappa shape index (κ3) is 4.29. The number of rotatable bonds is 3. The van der Waals surface area contributed by atoms with Gasteiger partial charge in [0.1, 0.15) is 11.5 Å². The maximum atomic E-state index is 12.9. The average molecular weight is 346 g/mol. The van der Waals surface area contributed by atoms with Gasteiger partial charge in [-0.1, -0.05) is 29.8 Å². The second-order valence-corrected chi connectivity index (χ2v) is 4.76. The highest BCUT2D eigenvalue weighted by atomic mass is 35.5. The number of anilines is 1. The Morgan fingerprint density at radius 3 is 2.39 bits per heavy atom. The lowest BCUT2D eigenvalue weighted by atomic mass is 10.1. The van der Waals surface area contributed by atoms with Crippen LogP contribution in [0, 0.1) is 0 Å². The number of alkyl halides is 3. The molecule has 0 fully saturated rings. The van der Waals surface area contributed by atoms with Crippen LogP contribution >= 0.6 is 11.6 Å². The van der Waals surface area contributed by atoms with Gasteiger partial charge in [0.25, 0.3) is 0 Å². The van der Waals surface area contributed by atoms with E-state index in [-0.39, 0.29) is 17.2 Å². The third-order valence-electron chi connectivity index (χ3n) is 2.79. The first-order valence-corrected chi connectivity index (χ1v) is 6.67. The Balaban J connectivity index is 2.26. The van der Waals surface area contributed by atoms with Crippen LogP contribution in [0.5, 0.6) is 11.5 Å². The van der Waals surface area contributed by atoms with E-state index >= 15 is 0 Å². The molecule has 0 atom stereocenters. The number of carbonyl (C=O) groups is 1. The van der Waals surface area contributed by atoms with Gasteiger partial charge in [-0.2, -0.15) is 13.2 Å². The molecule has 122 valence electrons. The number of methoxy groups -OCH3 is 1. The van der Waals surface area contributed by atoms with Gasteiger partial charge in [-0.15, -0.1) is 0 Å². The van der Waals surface area contributed by atoms with Crippen molar-refractivity contribution >= 4 is 23.4 Å². The van der Waals surface area contributed by atoms with E-state index in [2.05, 4.69) is 5.32 Å². The lowest BCUT2D eigenvalue weighted by Crippen LogP contribution is -2.18. The molecule has 0 saturated carbocycles. The number of benzene rings is 2. The minimum absolute atomic E-state index is 0.0204. The van der Waals surface area contributed by atoms with Crippen molar-refractivity contribution in [2.45, 2.75) is 6.18 Å². The van der Waals surface area contributed by atoms with Crippen LogP contribution in [0.2, 0.25) is 5.02 Å². The minimum atomic E-state index is -4.66. The van der Waals surface area contributed by atoms with Crippen LogP contribution in [0.1, 0.15) is 5.56 Å². The summed E-state index contributed by atoms with van der Waals surface area (Å²) in [5.74, 6) is 0.224. The van der Waals surface area contributed by atoms with Gasteiger partial charge < -0.3 is 9.47 Å². The van der Waals surface area contributed by atoms with Crippen LogP contribution in [-0.2, 0) is 6.18 Å². The molecule has 1 N–H and O–H groups in total. The van der Waals surface area contributed by atoms with Gasteiger partial charge in [-0.05, 0) is 18.2 Å². The van der Waals surface area contributed by atoms with Crippen molar-refractivity contribution in [1.29, 1.82) is 0 Å². The van der Waals surface area contributed by atoms with E-state index in [1.54, 1.807) is 18.2 Å². The average Bonchev–Trinajstić information content (AvgIpc) is 2.48. The zero-order valence-electron chi connectivity index (χ0n) is 11.8. The molecular weight excluding hydrogens is 335 g/mol. The standard InChI is InChI=1S/C15H11ClF3NO3/c1-22-13-8-11(16)10(15(17,18)19)7-12(13)20-14(21)23-9-5-3-2-4-6-9/h2-8H,1H3,(H,20,21). The molecule has 0 bridgehead atoms. The second kappa shape index (κ2) is 6.78. The molecular formula is C15H11ClF3NO3. The Bertz CT molecular complexity index is 705. The lowest BCUT2D eigenvalue weighted by Gasteiger charge is -2.15. The predicted octanol–water partition coefficient (Wildman–Crippen LogP) is 4.98. The van der Waals surface area contributed by atoms with Crippen LogP contribution in [-0.4, -0.2) is 13.2 Å². The zero-order chi connectivity index (χ0) is 17.0. The minimum Gasteiger partial charge on any atom is -0.495 e. The van der Waals surface area contributed by atoms with E-state index in [0.29, 0.717) is 6.07 Å². The first-order valence-electron chi connectivity index (χ1n) is 6.30. The summed E-state index contributed by atoms with van der Waals surface area (Å²) in [6.45, 7) is 0. The first-order chi connectivity index (χ1) is 10.8. The summed E-state index contributed by atoms with van der Waals surface area (Å²) < 4.78 is 48.5. The number of halogens is 4. The van der Waals surface area contributed by atoms with E-state index in [4.69, 9.17) is 21.1 Å². The summed E-state index contributed by atoms with van der Waals surface area (Å²) in [6, 6.07) is 9.73. The van der Waals surface area contributed by atoms with Crippen molar-refractivity contribution in [3.8, 4) is 11.5 Å². The van der Waals surface area contributed by atoms with Gasteiger partial charge in [0.15, 0.2) is 0 Å². The van der Waals surface area contributed by atoms with E-state index in [9.17, 15) is 18.0 Å². The van der Waals surface area contributed by atoms with Crippen molar-refractivity contribution in [3.63, 3.8) is 0 Å². The molecule has 0 aromatic heterocycles. The molecule has 0 radical (unpaired) electrons. The third-order valence-corrected chi connectivity index (χ3v) is 3.10. The Labute approximate surface area is 134 Å². The molecule has 4 nitrogen and oxygen atoms in total. The van der Waals surface area contributed by atoms with Crippen LogP contribution < -0.4 is 14.8 Å². The maximum absolute atomic E-state index is 12.9. The summed E-state index contributed by atoms with van der Waals surface area (Å²) in [5.41, 5.74) is -1.29. The van der Waals surface area contributed by atoms with Crippen LogP contribution in [0.15, 0.2) is 42.5 Å². The molecule has 2 aromatic rings. The molecule has 0 heterocycles. The summed E-state index contributed by atoms with van der Waals surface area (Å²) in [6.07, 6.45) is -5.62. The highest BCUT2D eigenvalue weighted by molar-refractivity contribution is 6.31. The number of ether oxygens (including phenoxy) is 2. The van der Waals surface area contributed by atoms with E-state index in [0.717, 1.165) is 6.07 Å². The highest BCUT2D eigenvalue weighted by Crippen LogP contribution is 2.40. The van der Waals surface area contributed by atoms with E-state index < -0.39 is 22.9 Å². The quantitative estimate of drug-likeness (QED) is 0.853. The first kappa shape index (κ1) is 17.0. The zero-order valence-corrected chi connectivity index (χ0v) is 12.5. The van der Waals surface area contributed by atoms with Gasteiger partial charge in [0.2, 0.25) is 0 Å². The smallest absolute Gasteiger partial charge is 0.417 e. The monoisotopic (exact) mass is 345 g/mol. The van der Waals surface area contributed by atoms with Gasteiger partial charge in [0.05, 0.1) is 23.4 Å². The Kier molecular flexibility index (Phi) is 5.00. The molecule has 0 saturated heterocycles. The Morgan fingerprint density at radius 2 is 1.83 bits per heavy atom. The van der Waals surface area contributed by atoms with E-state index in [1.165, 1.54) is 19.2 Å². The van der Waals surface area contributed by atoms with Crippen molar-refractivity contribution < 1.29 is 27.4 Å². The summed E-state index contributed by atoms with van der Waals surface area (Å²) in [7, 11) is 1.24. The topological polar surface area (TPSA) is 47.6 Å². The fourth-order valence-electron chi connectivity index (χ4n) is 1.77. The normalized spacial score (nSPS) is 11.0. The fourth-order valence-corrected chi connectivity index (χ4v) is 2.03. The van der Waals surface area contributed by atoms with Gasteiger partial charge >= 0.3 is 12.3 Å². The highest BCUT2D eigenvalue weighted by Gasteiger charge is 2.34. The molecule has 0 spiro atoms. The maximum Gasteiger partial charge on any atom is 0.417 e. The number of hydrogen-bond donors (Lipinski definition) is 1. The van der Waals surface area contributed by atoms with E-state index in [1.807, 2.05) is 0 Å². The lowest BCUT2D eigenvalue weighted by molar-refractivity contribution is -0.137. The van der Waals surface area contributed by atoms with Crippen LogP contribution in [0.4, 0.5) is 23.7 Å². The van der Waals surface area contributed by atoms with Crippen molar-refractivity contribution in [3.05, 3.63) is 53.1 Å². The number of amides is 1. The largest absolute Gasteiger partial charge is 0.495 e. The fraction of sp³-hybridized carbons (Fsp3) is 0.133. The van der Waals surface area contributed by atoms with Crippen LogP contribution in [0.3, 0.4) is 0 Å². The van der Waals surface area contributed by atoms with Gasteiger partial charge in [-0.3, -0.25) is 5.32 Å². The molecule has 8 heteroatoms. The Hall–Kier alpha value is -2.41. The summed E-state index contributed by atoms with van der Waals surface area (Å²) >= 11 is 5.59. The van der Waals surface area contributed by atoms with Gasteiger partial charge in [-0.25, -0.2) is 4.79 Å². The molecule has 0 aliphatic carbocycles. The number of nitrogens with one attached hydrogen (secondary N) is 1. The number of carbonyl (C=O) groups excluding carboxylic acids is 1. The Morgan fingerprint density at radius 1 is 1.17 bits per heavy atom. The molecule has 0 aliphatic rings. The molecule has 0 aliphatic heterocycles. The molecule has 2 rings (SSSR count). The van der Waals surface area contributed by atoms with Crippen molar-refractivity contribution in [2.24, 2.45) is 0 Å². The predicted molar refractivity (Wildman–Crippen MR) is 79.1 cm³/mol. The summed E-state index contributed by atoms with van der Waals surface area (Å²) in [4.78, 5) is 11.8. The molecule has 0 unspecified atom stereocenters. The molecule has 23 heavy (non-hydrogen) atoms. The second-order valence-electron chi connectivity index (χ2n) is 4.36. The van der Waals surface area contributed by atoms with Crippen molar-refractivity contribution in [2.75, 3.05) is 12.4 Å². The van der Waals surface area contributed by atoms with Gasteiger partial charge in [0, 0.05) is 6.07 Å². The molecule has 2 aromatic carbocycles. The number of para-hydroxylation sites is 1. The van der Waals surface area contributed by atoms with Crippen molar-refractivity contribution in [1.82, 2.24) is 0 Å². The number of hydrogen-bond acceptors (Lipinski definition) is 3.